The summed E-state index contributed by atoms with van der Waals surface area (Å²) >= 11 is 0. The molecule has 1 atom stereocenters. The molecule has 0 aromatic heterocycles. The Morgan fingerprint density at radius 1 is 1.44 bits per heavy atom. The van der Waals surface area contributed by atoms with Crippen molar-refractivity contribution in [2.75, 3.05) is 6.54 Å². The Hall–Kier alpha value is -0.570. The van der Waals surface area contributed by atoms with Crippen molar-refractivity contribution in [2.24, 2.45) is 5.41 Å². The van der Waals surface area contributed by atoms with Crippen LogP contribution in [0.1, 0.15) is 53.9 Å². The summed E-state index contributed by atoms with van der Waals surface area (Å²) < 4.78 is 5.31. The van der Waals surface area contributed by atoms with E-state index in [0.29, 0.717) is 17.9 Å². The van der Waals surface area contributed by atoms with E-state index in [4.69, 9.17) is 4.74 Å². The lowest BCUT2D eigenvalue weighted by Gasteiger charge is -2.35. The fraction of sp³-hybridized carbons (Fsp3) is 0.923. The van der Waals surface area contributed by atoms with Crippen LogP contribution in [0.25, 0.3) is 0 Å². The molecule has 1 aliphatic heterocycles. The second-order valence-corrected chi connectivity index (χ2v) is 6.57. The van der Waals surface area contributed by atoms with Crippen LogP contribution >= 0.6 is 0 Å². The molecule has 0 aromatic rings. The van der Waals surface area contributed by atoms with Crippen LogP contribution in [0.5, 0.6) is 0 Å². The number of ether oxygens (including phenoxy) is 1. The molecule has 0 amide bonds. The minimum absolute atomic E-state index is 0.0929. The maximum Gasteiger partial charge on any atom is 0.307 e. The Morgan fingerprint density at radius 2 is 2.06 bits per heavy atom. The van der Waals surface area contributed by atoms with Gasteiger partial charge in [0, 0.05) is 12.6 Å². The zero-order valence-electron chi connectivity index (χ0n) is 11.2. The van der Waals surface area contributed by atoms with E-state index in [1.807, 2.05) is 20.8 Å². The molecule has 0 saturated carbocycles. The molecular formula is C13H25NO2. The molecule has 1 rings (SSSR count). The SMILES string of the molecule is CC1(C)CCC(CC(=O)OC(C)(C)C)NC1. The normalized spacial score (nSPS) is 25.2. The van der Waals surface area contributed by atoms with E-state index in [1.54, 1.807) is 0 Å². The minimum atomic E-state index is -0.370. The van der Waals surface area contributed by atoms with Crippen LogP contribution in [0.4, 0.5) is 0 Å². The highest BCUT2D eigenvalue weighted by Gasteiger charge is 2.28. The molecule has 1 heterocycles. The zero-order valence-corrected chi connectivity index (χ0v) is 11.2. The van der Waals surface area contributed by atoms with Crippen LogP contribution in [0, 0.1) is 5.41 Å². The highest BCUT2D eigenvalue weighted by molar-refractivity contribution is 5.70. The first-order valence-electron chi connectivity index (χ1n) is 6.13. The molecule has 0 aromatic carbocycles. The number of nitrogens with one attached hydrogen (secondary N) is 1. The van der Waals surface area contributed by atoms with Crippen molar-refractivity contribution in [1.82, 2.24) is 5.32 Å². The largest absolute Gasteiger partial charge is 0.460 e. The average Bonchev–Trinajstić information content (AvgIpc) is 2.05. The molecule has 1 aliphatic rings. The monoisotopic (exact) mass is 227 g/mol. The van der Waals surface area contributed by atoms with Gasteiger partial charge < -0.3 is 10.1 Å². The Balaban J connectivity index is 2.32. The first-order valence-corrected chi connectivity index (χ1v) is 6.13. The molecule has 3 heteroatoms. The number of rotatable bonds is 2. The molecule has 1 saturated heterocycles. The summed E-state index contributed by atoms with van der Waals surface area (Å²) in [5.74, 6) is -0.0929. The Labute approximate surface area is 98.9 Å². The van der Waals surface area contributed by atoms with E-state index in [9.17, 15) is 4.79 Å². The van der Waals surface area contributed by atoms with Crippen LogP contribution in [-0.2, 0) is 9.53 Å². The van der Waals surface area contributed by atoms with Crippen molar-refractivity contribution < 1.29 is 9.53 Å². The fourth-order valence-corrected chi connectivity index (χ4v) is 1.93. The van der Waals surface area contributed by atoms with Crippen LogP contribution in [0.3, 0.4) is 0 Å². The predicted molar refractivity (Wildman–Crippen MR) is 65.3 cm³/mol. The average molecular weight is 227 g/mol. The number of esters is 1. The van der Waals surface area contributed by atoms with Crippen LogP contribution in [0.2, 0.25) is 0 Å². The van der Waals surface area contributed by atoms with Gasteiger partial charge in [-0.05, 0) is 39.0 Å². The smallest absolute Gasteiger partial charge is 0.307 e. The van der Waals surface area contributed by atoms with Gasteiger partial charge in [-0.2, -0.15) is 0 Å². The van der Waals surface area contributed by atoms with Crippen molar-refractivity contribution in [1.29, 1.82) is 0 Å². The van der Waals surface area contributed by atoms with Crippen molar-refractivity contribution >= 4 is 5.97 Å². The molecule has 1 N–H and O–H groups in total. The second kappa shape index (κ2) is 4.74. The molecule has 0 bridgehead atoms. The number of carbonyl (C=O) groups is 1. The summed E-state index contributed by atoms with van der Waals surface area (Å²) in [7, 11) is 0. The van der Waals surface area contributed by atoms with Crippen molar-refractivity contribution in [3.05, 3.63) is 0 Å². The van der Waals surface area contributed by atoms with E-state index < -0.39 is 0 Å². The third-order valence-electron chi connectivity index (χ3n) is 2.87. The summed E-state index contributed by atoms with van der Waals surface area (Å²) in [5, 5.41) is 3.43. The first kappa shape index (κ1) is 13.5. The molecule has 0 aliphatic carbocycles. The van der Waals surface area contributed by atoms with E-state index in [1.165, 1.54) is 6.42 Å². The van der Waals surface area contributed by atoms with E-state index in [-0.39, 0.29) is 11.6 Å². The molecule has 16 heavy (non-hydrogen) atoms. The van der Waals surface area contributed by atoms with Crippen LogP contribution in [0.15, 0.2) is 0 Å². The van der Waals surface area contributed by atoms with Crippen LogP contribution in [-0.4, -0.2) is 24.2 Å². The maximum absolute atomic E-state index is 11.6. The van der Waals surface area contributed by atoms with E-state index >= 15 is 0 Å². The minimum Gasteiger partial charge on any atom is -0.460 e. The first-order chi connectivity index (χ1) is 7.18. The van der Waals surface area contributed by atoms with Gasteiger partial charge in [0.05, 0.1) is 6.42 Å². The van der Waals surface area contributed by atoms with Crippen molar-refractivity contribution in [3.63, 3.8) is 0 Å². The van der Waals surface area contributed by atoms with Gasteiger partial charge in [-0.15, -0.1) is 0 Å². The summed E-state index contributed by atoms with van der Waals surface area (Å²) in [5.41, 5.74) is -0.00451. The topological polar surface area (TPSA) is 38.3 Å². The van der Waals surface area contributed by atoms with E-state index in [0.717, 1.165) is 13.0 Å². The van der Waals surface area contributed by atoms with Crippen molar-refractivity contribution in [2.45, 2.75) is 65.5 Å². The van der Waals surface area contributed by atoms with Gasteiger partial charge in [-0.3, -0.25) is 4.79 Å². The highest BCUT2D eigenvalue weighted by Crippen LogP contribution is 2.27. The molecule has 0 spiro atoms. The third kappa shape index (κ3) is 4.97. The van der Waals surface area contributed by atoms with E-state index in [2.05, 4.69) is 19.2 Å². The number of carbonyl (C=O) groups excluding carboxylic acids is 1. The molecule has 3 nitrogen and oxygen atoms in total. The summed E-state index contributed by atoms with van der Waals surface area (Å²) in [4.78, 5) is 11.6. The summed E-state index contributed by atoms with van der Waals surface area (Å²) in [6.07, 6.45) is 2.73. The molecule has 1 unspecified atom stereocenters. The van der Waals surface area contributed by atoms with Gasteiger partial charge >= 0.3 is 5.97 Å². The van der Waals surface area contributed by atoms with Crippen molar-refractivity contribution in [3.8, 4) is 0 Å². The Bertz CT molecular complexity index is 243. The fourth-order valence-electron chi connectivity index (χ4n) is 1.93. The third-order valence-corrected chi connectivity index (χ3v) is 2.87. The number of piperidine rings is 1. The van der Waals surface area contributed by atoms with Gasteiger partial charge in [0.2, 0.25) is 0 Å². The Kier molecular flexibility index (Phi) is 4.00. The van der Waals surface area contributed by atoms with Gasteiger partial charge in [0.1, 0.15) is 5.60 Å². The highest BCUT2D eigenvalue weighted by atomic mass is 16.6. The maximum atomic E-state index is 11.6. The molecule has 1 fully saturated rings. The number of hydrogen-bond donors (Lipinski definition) is 1. The molecule has 94 valence electrons. The van der Waals surface area contributed by atoms with Gasteiger partial charge in [0.15, 0.2) is 0 Å². The zero-order chi connectivity index (χ0) is 12.4. The predicted octanol–water partition coefficient (Wildman–Crippen LogP) is 2.50. The quantitative estimate of drug-likeness (QED) is 0.737. The summed E-state index contributed by atoms with van der Waals surface area (Å²) in [6, 6.07) is 0.294. The lowest BCUT2D eigenvalue weighted by molar-refractivity contribution is -0.155. The molecular weight excluding hydrogens is 202 g/mol. The van der Waals surface area contributed by atoms with Crippen LogP contribution < -0.4 is 5.32 Å². The lowest BCUT2D eigenvalue weighted by atomic mass is 9.82. The second-order valence-electron chi connectivity index (χ2n) is 6.57. The standard InChI is InChI=1S/C13H25NO2/c1-12(2,3)16-11(15)8-10-6-7-13(4,5)9-14-10/h10,14H,6-9H2,1-5H3. The summed E-state index contributed by atoms with van der Waals surface area (Å²) in [6.45, 7) is 11.2. The van der Waals surface area contributed by atoms with Gasteiger partial charge in [-0.1, -0.05) is 13.8 Å². The molecule has 0 radical (unpaired) electrons. The van der Waals surface area contributed by atoms with Gasteiger partial charge in [0.25, 0.3) is 0 Å². The van der Waals surface area contributed by atoms with Gasteiger partial charge in [-0.25, -0.2) is 0 Å². The Morgan fingerprint density at radius 3 is 2.50 bits per heavy atom. The number of hydrogen-bond acceptors (Lipinski definition) is 3. The lowest BCUT2D eigenvalue weighted by Crippen LogP contribution is -2.44.